The van der Waals surface area contributed by atoms with Crippen LogP contribution < -0.4 is 11.5 Å². The van der Waals surface area contributed by atoms with Crippen molar-refractivity contribution >= 4 is 65.7 Å². The maximum atomic E-state index is 10.3. The first-order chi connectivity index (χ1) is 45.4. The number of rotatable bonds is 19. The maximum absolute atomic E-state index is 10.3. The molecule has 0 spiro atoms. The summed E-state index contributed by atoms with van der Waals surface area (Å²) in [5, 5.41) is 280. The van der Waals surface area contributed by atoms with E-state index in [1.807, 2.05) is 0 Å². The van der Waals surface area contributed by atoms with E-state index < -0.39 is 251 Å². The zero-order valence-corrected chi connectivity index (χ0v) is 50.4. The van der Waals surface area contributed by atoms with Crippen LogP contribution in [0.3, 0.4) is 0 Å². The quantitative estimate of drug-likeness (QED) is 0.0452. The van der Waals surface area contributed by atoms with Crippen molar-refractivity contribution in [2.24, 2.45) is 11.5 Å². The van der Waals surface area contributed by atoms with Crippen molar-refractivity contribution in [1.29, 1.82) is 0 Å². The van der Waals surface area contributed by atoms with Crippen molar-refractivity contribution in [1.82, 2.24) is 0 Å². The van der Waals surface area contributed by atoms with Gasteiger partial charge in [-0.3, -0.25) is 24.0 Å². The smallest absolute Gasteiger partial charge is 0.336 e. The predicted octanol–water partition coefficient (Wildman–Crippen LogP) is -16.2. The van der Waals surface area contributed by atoms with E-state index in [9.17, 15) is 93.6 Å². The number of hydrogen-bond donors (Lipinski definition) is 34. The van der Waals surface area contributed by atoms with Gasteiger partial charge in [0.1, 0.15) is 110 Å². The standard InChI is InChI=1S/C12H22O11.C7H6O2.C6H13NO5.C6H8O7.C6H12O6.C4H6O6.C4H4O4.C3H4O4.C2H5NO2/c13-1-3-5(15)7(17)9(19)11(21-3)23-12-10(20)8(18)6(16)4(2-14)22-12;8-7(9)6-4-2-1-3-5-6;7-3-5(10)4(9)2(1-8)12-6(3)11;7-3(8)1-6(13,5(11)12)2-4(9)10;7-1-2(8)4(10)6(12)5(11)3(1)9;5-1(3(7)8)2(6)4(9)10;5-3(6)1-2-4(7)8;4-2(5)1-3(6)7;3-1-2(4)5/h3-20H,1-2H2;1-5H,(H,8,9);2-6,8-11H,1,7H2;13H,1-2H2,(H,7,8)(H,9,10)(H,11,12);1-12H;1-2,5-6H,(H,7,8)(H,9,10);1-2H,(H,5,6)(H,7,8);1H2,(H,4,5)(H,6,7);1,3H2,(H,4,5)/b;;;;;;2-1+;;/t3-,4-,5-,6-,7+,8+,9-,10-,11-,12-;;2-,3-,4-,5-,6-;;;;;;/m1.1....../s1. The van der Waals surface area contributed by atoms with Crippen molar-refractivity contribution in [3.63, 3.8) is 0 Å². The molecule has 3 aliphatic heterocycles. The molecule has 0 amide bonds. The second-order valence-corrected chi connectivity index (χ2v) is 19.6. The minimum atomic E-state index is -2.74. The van der Waals surface area contributed by atoms with E-state index in [0.29, 0.717) is 17.7 Å². The molecule has 49 heteroatoms. The van der Waals surface area contributed by atoms with Crippen LogP contribution >= 0.6 is 0 Å². The Morgan fingerprint density at radius 2 is 0.717 bits per heavy atom. The molecular weight excluding hydrogens is 1380 g/mol. The Labute approximate surface area is 551 Å². The number of aliphatic hydroxyl groups excluding tert-OH is 20. The van der Waals surface area contributed by atoms with Crippen LogP contribution in [-0.4, -0.2) is 402 Å². The first-order valence-electron chi connectivity index (χ1n) is 26.8. The summed E-state index contributed by atoms with van der Waals surface area (Å²) >= 11 is 0. The maximum Gasteiger partial charge on any atom is 0.336 e. The van der Waals surface area contributed by atoms with Gasteiger partial charge >= 0.3 is 65.7 Å². The van der Waals surface area contributed by atoms with E-state index in [1.54, 1.807) is 30.3 Å². The molecule has 1 aromatic rings. The van der Waals surface area contributed by atoms with Gasteiger partial charge in [-0.05, 0) is 12.1 Å². The van der Waals surface area contributed by atoms with Crippen LogP contribution in [0.2, 0.25) is 0 Å². The molecule has 4 aliphatic rings. The normalized spacial score (nSPS) is 30.2. The molecule has 3 heterocycles. The van der Waals surface area contributed by atoms with Gasteiger partial charge in [-0.1, -0.05) is 18.2 Å². The number of benzene rings is 1. The lowest BCUT2D eigenvalue weighted by Gasteiger charge is -2.44. The molecule has 1 aliphatic carbocycles. The van der Waals surface area contributed by atoms with E-state index in [0.717, 1.165) is 0 Å². The zero-order chi connectivity index (χ0) is 78.4. The molecule has 0 aromatic heterocycles. The highest BCUT2D eigenvalue weighted by Crippen LogP contribution is 2.28. The van der Waals surface area contributed by atoms with Gasteiger partial charge in [0.05, 0.1) is 50.8 Å². The lowest BCUT2D eigenvalue weighted by Crippen LogP contribution is -2.63. The van der Waals surface area contributed by atoms with E-state index in [4.69, 9.17) is 147 Å². The number of aliphatic carboxylic acids is 10. The average Bonchev–Trinajstić information content (AvgIpc) is 0.805. The molecule has 572 valence electrons. The summed E-state index contributed by atoms with van der Waals surface area (Å²) in [6.45, 7) is -2.08. The molecule has 1 saturated carbocycles. The number of ether oxygens (including phenoxy) is 4. The Hall–Kier alpha value is -7.95. The fraction of sp³-hybridized carbons (Fsp3) is 0.620. The number of hydrogen-bond acceptors (Lipinski definition) is 38. The first kappa shape index (κ1) is 97.4. The SMILES string of the molecule is NCC(=O)O.N[C@@H]1[C@@H](O)[C@H](O)[C@@H](CO)O[C@H]1O.O=C(O)/C=C/C(=O)O.O=C(O)C(O)C(O)C(=O)O.O=C(O)CC(=O)O.O=C(O)CC(O)(CC(=O)O)C(=O)O.O=C(O)c1ccccc1.OC1C(O)C(O)C(O)C(O)C1O.OC[C@H]1O[C@H](O[C@H]2O[C@H](CO)[C@@H](O)[C@H](O)[C@H]2O)[C@H](O)[C@@H](O)[C@@H]1O. The lowest BCUT2D eigenvalue weighted by molar-refractivity contribution is -0.376. The third-order valence-corrected chi connectivity index (χ3v) is 12.0. The Kier molecular flexibility index (Phi) is 48.0. The number of carbonyl (C=O) groups is 11. The van der Waals surface area contributed by atoms with E-state index in [-0.39, 0.29) is 6.54 Å². The highest BCUT2D eigenvalue weighted by molar-refractivity contribution is 5.90. The van der Waals surface area contributed by atoms with Crippen LogP contribution in [0, 0.1) is 0 Å². The number of carboxylic acid groups (broad SMARTS) is 11. The summed E-state index contributed by atoms with van der Waals surface area (Å²) in [4.78, 5) is 107. The summed E-state index contributed by atoms with van der Waals surface area (Å²) in [6.07, 6.45) is -36.8. The highest BCUT2D eigenvalue weighted by atomic mass is 16.8. The van der Waals surface area contributed by atoms with Gasteiger partial charge in [0, 0.05) is 12.2 Å². The first-order valence-corrected chi connectivity index (χ1v) is 26.8. The fourth-order valence-corrected chi connectivity index (χ4v) is 6.66. The summed E-state index contributed by atoms with van der Waals surface area (Å²) < 4.78 is 20.0. The third-order valence-electron chi connectivity index (χ3n) is 12.0. The third kappa shape index (κ3) is 37.2. The van der Waals surface area contributed by atoms with Crippen molar-refractivity contribution in [2.75, 3.05) is 26.4 Å². The largest absolute Gasteiger partial charge is 0.481 e. The molecule has 5 rings (SSSR count). The molecule has 99 heavy (non-hydrogen) atoms. The molecule has 4 fully saturated rings. The number of aromatic carboxylic acids is 1. The molecular formula is C50H80N2O47. The minimum Gasteiger partial charge on any atom is -0.481 e. The second kappa shape index (κ2) is 48.7. The van der Waals surface area contributed by atoms with E-state index >= 15 is 0 Å². The fourth-order valence-electron chi connectivity index (χ4n) is 6.66. The topological polar surface area (TPSA) is 924 Å². The summed E-state index contributed by atoms with van der Waals surface area (Å²) in [5.41, 5.74) is 7.43. The molecule has 0 radical (unpaired) electrons. The Morgan fingerprint density at radius 3 is 0.929 bits per heavy atom. The van der Waals surface area contributed by atoms with Crippen molar-refractivity contribution < 1.29 is 235 Å². The molecule has 2 unspecified atom stereocenters. The van der Waals surface area contributed by atoms with E-state index in [1.165, 1.54) is 0 Å². The van der Waals surface area contributed by atoms with Gasteiger partial charge < -0.3 is 194 Å². The van der Waals surface area contributed by atoms with Crippen LogP contribution in [-0.2, 0) is 66.9 Å². The number of nitrogens with two attached hydrogens (primary N) is 2. The van der Waals surface area contributed by atoms with Gasteiger partial charge in [-0.2, -0.15) is 0 Å². The van der Waals surface area contributed by atoms with Crippen LogP contribution in [0.25, 0.3) is 0 Å². The lowest BCUT2D eigenvalue weighted by atomic mass is 9.85. The van der Waals surface area contributed by atoms with Gasteiger partial charge in [-0.25, -0.2) is 28.8 Å². The monoisotopic (exact) mass is 1460 g/mol. The summed E-state index contributed by atoms with van der Waals surface area (Å²) in [5.74, 6) is -15.5. The Balaban J connectivity index is -0.000000531. The van der Waals surface area contributed by atoms with Crippen molar-refractivity contribution in [2.45, 2.75) is 166 Å². The number of carboxylic acids is 11. The summed E-state index contributed by atoms with van der Waals surface area (Å²) in [6, 6.07) is 7.26. The molecule has 17 atom stereocenters. The Morgan fingerprint density at radius 1 is 0.434 bits per heavy atom. The Bertz CT molecular complexity index is 2480. The highest BCUT2D eigenvalue weighted by Gasteiger charge is 2.51. The zero-order valence-electron chi connectivity index (χ0n) is 50.4. The van der Waals surface area contributed by atoms with Gasteiger partial charge in [0.2, 0.25) is 0 Å². The van der Waals surface area contributed by atoms with Crippen LogP contribution in [0.5, 0.6) is 0 Å². The van der Waals surface area contributed by atoms with Crippen molar-refractivity contribution in [3.05, 3.63) is 48.0 Å². The van der Waals surface area contributed by atoms with Crippen LogP contribution in [0.1, 0.15) is 29.6 Å². The second-order valence-electron chi connectivity index (χ2n) is 19.6. The van der Waals surface area contributed by atoms with Gasteiger partial charge in [-0.15, -0.1) is 0 Å². The van der Waals surface area contributed by atoms with Crippen molar-refractivity contribution in [3.8, 4) is 0 Å². The molecule has 1 aromatic carbocycles. The van der Waals surface area contributed by atoms with Gasteiger partial charge in [0.15, 0.2) is 36.7 Å². The molecule has 49 nitrogen and oxygen atoms in total. The molecule has 0 bridgehead atoms. The number of aliphatic hydroxyl groups is 21. The molecule has 36 N–H and O–H groups in total. The minimum absolute atomic E-state index is 0.278. The van der Waals surface area contributed by atoms with Crippen LogP contribution in [0.4, 0.5) is 0 Å². The average molecular weight is 1460 g/mol. The van der Waals surface area contributed by atoms with Gasteiger partial charge in [0.25, 0.3) is 0 Å². The molecule has 3 saturated heterocycles. The predicted molar refractivity (Wildman–Crippen MR) is 301 cm³/mol. The summed E-state index contributed by atoms with van der Waals surface area (Å²) in [7, 11) is 0. The van der Waals surface area contributed by atoms with E-state index in [2.05, 4.69) is 5.73 Å². The van der Waals surface area contributed by atoms with Crippen LogP contribution in [0.15, 0.2) is 42.5 Å².